The predicted octanol–water partition coefficient (Wildman–Crippen LogP) is -0.0123. The molecule has 1 amide bonds. The first-order chi connectivity index (χ1) is 9.56. The van der Waals surface area contributed by atoms with Gasteiger partial charge in [0.1, 0.15) is 0 Å². The van der Waals surface area contributed by atoms with Crippen molar-refractivity contribution >= 4 is 11.9 Å². The van der Waals surface area contributed by atoms with Gasteiger partial charge in [-0.3, -0.25) is 19.4 Å². The fourth-order valence-corrected chi connectivity index (χ4v) is 2.44. The van der Waals surface area contributed by atoms with Crippen LogP contribution in [0, 0.1) is 0 Å². The molecule has 1 saturated heterocycles. The minimum Gasteiger partial charge on any atom is -0.480 e. The van der Waals surface area contributed by atoms with Crippen LogP contribution >= 0.6 is 0 Å². The molecule has 1 aromatic rings. The zero-order chi connectivity index (χ0) is 14.5. The van der Waals surface area contributed by atoms with Crippen LogP contribution in [0.15, 0.2) is 24.3 Å². The van der Waals surface area contributed by atoms with Crippen LogP contribution in [0.1, 0.15) is 15.9 Å². The Hall–Kier alpha value is -1.92. The quantitative estimate of drug-likeness (QED) is 0.790. The second kappa shape index (κ2) is 6.49. The van der Waals surface area contributed by atoms with Crippen LogP contribution in [-0.4, -0.2) is 59.5 Å². The number of carbonyl (C=O) groups is 2. The summed E-state index contributed by atoms with van der Waals surface area (Å²) in [7, 11) is 0. The van der Waals surface area contributed by atoms with E-state index in [1.165, 1.54) is 0 Å². The Kier molecular flexibility index (Phi) is 4.70. The molecular formula is C14H19N3O3. The molecule has 0 saturated carbocycles. The highest BCUT2D eigenvalue weighted by molar-refractivity contribution is 5.94. The van der Waals surface area contributed by atoms with Gasteiger partial charge in [-0.25, -0.2) is 0 Å². The molecule has 3 N–H and O–H groups in total. The van der Waals surface area contributed by atoms with Gasteiger partial charge in [0, 0.05) is 38.3 Å². The summed E-state index contributed by atoms with van der Waals surface area (Å²) in [5, 5.41) is 8.76. The lowest BCUT2D eigenvalue weighted by atomic mass is 10.1. The molecule has 0 aliphatic carbocycles. The van der Waals surface area contributed by atoms with E-state index in [4.69, 9.17) is 10.8 Å². The van der Waals surface area contributed by atoms with E-state index in [9.17, 15) is 9.59 Å². The zero-order valence-corrected chi connectivity index (χ0v) is 11.3. The van der Waals surface area contributed by atoms with E-state index >= 15 is 0 Å². The second-order valence-electron chi connectivity index (χ2n) is 4.97. The number of nitrogens with two attached hydrogens (primary N) is 1. The van der Waals surface area contributed by atoms with Gasteiger partial charge in [-0.1, -0.05) is 18.2 Å². The average molecular weight is 277 g/mol. The minimum atomic E-state index is -0.794. The predicted molar refractivity (Wildman–Crippen MR) is 74.3 cm³/mol. The van der Waals surface area contributed by atoms with Crippen molar-refractivity contribution in [2.45, 2.75) is 6.54 Å². The molecule has 1 fully saturated rings. The van der Waals surface area contributed by atoms with E-state index in [1.54, 1.807) is 12.1 Å². The van der Waals surface area contributed by atoms with Crippen molar-refractivity contribution in [3.8, 4) is 0 Å². The number of benzene rings is 1. The lowest BCUT2D eigenvalue weighted by Gasteiger charge is -2.34. The Morgan fingerprint density at radius 2 is 1.70 bits per heavy atom. The number of hydrogen-bond donors (Lipinski definition) is 2. The smallest absolute Gasteiger partial charge is 0.317 e. The number of aliphatic carboxylic acids is 1. The zero-order valence-electron chi connectivity index (χ0n) is 11.3. The highest BCUT2D eigenvalue weighted by Gasteiger charge is 2.19. The Balaban J connectivity index is 1.93. The summed E-state index contributed by atoms with van der Waals surface area (Å²) in [5.74, 6) is -1.21. The average Bonchev–Trinajstić information content (AvgIpc) is 2.41. The molecule has 0 radical (unpaired) electrons. The summed E-state index contributed by atoms with van der Waals surface area (Å²) in [6.07, 6.45) is 0. The van der Waals surface area contributed by atoms with Crippen LogP contribution in [0.2, 0.25) is 0 Å². The molecule has 0 bridgehead atoms. The van der Waals surface area contributed by atoms with Crippen LogP contribution < -0.4 is 5.73 Å². The third-order valence-electron chi connectivity index (χ3n) is 3.50. The van der Waals surface area contributed by atoms with Crippen molar-refractivity contribution < 1.29 is 14.7 Å². The first-order valence-corrected chi connectivity index (χ1v) is 6.60. The van der Waals surface area contributed by atoms with E-state index in [0.29, 0.717) is 12.1 Å². The fourth-order valence-electron chi connectivity index (χ4n) is 2.44. The molecule has 1 aromatic carbocycles. The largest absolute Gasteiger partial charge is 0.480 e. The maximum atomic E-state index is 11.4. The van der Waals surface area contributed by atoms with Crippen LogP contribution in [-0.2, 0) is 11.3 Å². The number of hydrogen-bond acceptors (Lipinski definition) is 4. The van der Waals surface area contributed by atoms with E-state index < -0.39 is 11.9 Å². The summed E-state index contributed by atoms with van der Waals surface area (Å²) in [6, 6.07) is 7.33. The lowest BCUT2D eigenvalue weighted by molar-refractivity contribution is -0.138. The molecule has 6 heteroatoms. The fraction of sp³-hybridized carbons (Fsp3) is 0.429. The Bertz CT molecular complexity index is 496. The SMILES string of the molecule is NC(=O)c1ccccc1CN1CCN(CC(=O)O)CC1. The maximum absolute atomic E-state index is 11.4. The van der Waals surface area contributed by atoms with Crippen molar-refractivity contribution in [2.24, 2.45) is 5.73 Å². The summed E-state index contributed by atoms with van der Waals surface area (Å²) in [5.41, 5.74) is 6.84. The highest BCUT2D eigenvalue weighted by atomic mass is 16.4. The number of nitrogens with zero attached hydrogens (tertiary/aromatic N) is 2. The number of rotatable bonds is 5. The number of amides is 1. The number of carbonyl (C=O) groups excluding carboxylic acids is 1. The van der Waals surface area contributed by atoms with Gasteiger partial charge < -0.3 is 10.8 Å². The molecule has 1 heterocycles. The standard InChI is InChI=1S/C14H19N3O3/c15-14(20)12-4-2-1-3-11(12)9-16-5-7-17(8-6-16)10-13(18)19/h1-4H,5-10H2,(H2,15,20)(H,18,19). The molecule has 0 aromatic heterocycles. The van der Waals surface area contributed by atoms with Crippen LogP contribution in [0.5, 0.6) is 0 Å². The first kappa shape index (κ1) is 14.5. The van der Waals surface area contributed by atoms with Crippen LogP contribution in [0.25, 0.3) is 0 Å². The van der Waals surface area contributed by atoms with Crippen molar-refractivity contribution in [3.63, 3.8) is 0 Å². The van der Waals surface area contributed by atoms with Crippen molar-refractivity contribution in [1.29, 1.82) is 0 Å². The first-order valence-electron chi connectivity index (χ1n) is 6.60. The van der Waals surface area contributed by atoms with Gasteiger partial charge in [-0.15, -0.1) is 0 Å². The van der Waals surface area contributed by atoms with Gasteiger partial charge in [-0.2, -0.15) is 0 Å². The maximum Gasteiger partial charge on any atom is 0.317 e. The Morgan fingerprint density at radius 1 is 1.10 bits per heavy atom. The van der Waals surface area contributed by atoms with Crippen molar-refractivity contribution in [3.05, 3.63) is 35.4 Å². The molecule has 20 heavy (non-hydrogen) atoms. The number of carboxylic acid groups (broad SMARTS) is 1. The summed E-state index contributed by atoms with van der Waals surface area (Å²) >= 11 is 0. The number of carboxylic acids is 1. The normalized spacial score (nSPS) is 17.0. The van der Waals surface area contributed by atoms with Crippen LogP contribution in [0.3, 0.4) is 0 Å². The summed E-state index contributed by atoms with van der Waals surface area (Å²) in [6.45, 7) is 3.79. The third kappa shape index (κ3) is 3.79. The molecule has 1 aliphatic heterocycles. The van der Waals surface area contributed by atoms with Gasteiger partial charge >= 0.3 is 5.97 Å². The van der Waals surface area contributed by atoms with E-state index in [1.807, 2.05) is 17.0 Å². The van der Waals surface area contributed by atoms with Crippen LogP contribution in [0.4, 0.5) is 0 Å². The molecule has 0 spiro atoms. The highest BCUT2D eigenvalue weighted by Crippen LogP contribution is 2.13. The molecule has 0 atom stereocenters. The molecule has 1 aliphatic rings. The van der Waals surface area contributed by atoms with Gasteiger partial charge in [0.2, 0.25) is 5.91 Å². The molecular weight excluding hydrogens is 258 g/mol. The van der Waals surface area contributed by atoms with E-state index in [-0.39, 0.29) is 6.54 Å². The Morgan fingerprint density at radius 3 is 2.30 bits per heavy atom. The second-order valence-corrected chi connectivity index (χ2v) is 4.97. The van der Waals surface area contributed by atoms with E-state index in [2.05, 4.69) is 4.90 Å². The monoisotopic (exact) mass is 277 g/mol. The van der Waals surface area contributed by atoms with Gasteiger partial charge in [0.05, 0.1) is 6.54 Å². The van der Waals surface area contributed by atoms with Gasteiger partial charge in [0.25, 0.3) is 0 Å². The molecule has 2 rings (SSSR count). The summed E-state index contributed by atoms with van der Waals surface area (Å²) in [4.78, 5) is 26.1. The minimum absolute atomic E-state index is 0.0890. The van der Waals surface area contributed by atoms with Gasteiger partial charge in [-0.05, 0) is 11.6 Å². The molecule has 108 valence electrons. The lowest BCUT2D eigenvalue weighted by Crippen LogP contribution is -2.47. The molecule has 0 unspecified atom stereocenters. The number of piperazine rings is 1. The van der Waals surface area contributed by atoms with E-state index in [0.717, 1.165) is 31.7 Å². The number of primary amides is 1. The molecule has 6 nitrogen and oxygen atoms in total. The third-order valence-corrected chi connectivity index (χ3v) is 3.50. The topological polar surface area (TPSA) is 86.9 Å². The van der Waals surface area contributed by atoms with Crippen molar-refractivity contribution in [2.75, 3.05) is 32.7 Å². The van der Waals surface area contributed by atoms with Crippen molar-refractivity contribution in [1.82, 2.24) is 9.80 Å². The summed E-state index contributed by atoms with van der Waals surface area (Å²) < 4.78 is 0. The van der Waals surface area contributed by atoms with Gasteiger partial charge in [0.15, 0.2) is 0 Å². The Labute approximate surface area is 117 Å².